The summed E-state index contributed by atoms with van der Waals surface area (Å²) in [4.78, 5) is 22.9. The molecular weight excluding hydrogens is 500 g/mol. The van der Waals surface area contributed by atoms with Crippen molar-refractivity contribution in [2.45, 2.75) is 78.1 Å². The zero-order valence-electron chi connectivity index (χ0n) is 21.4. The highest BCUT2D eigenvalue weighted by Crippen LogP contribution is 2.40. The van der Waals surface area contributed by atoms with Gasteiger partial charge in [-0.1, -0.05) is 62.8 Å². The van der Waals surface area contributed by atoms with E-state index >= 15 is 0 Å². The number of nitrogens with one attached hydrogen (secondary N) is 2. The van der Waals surface area contributed by atoms with Crippen LogP contribution in [0.2, 0.25) is 0 Å². The molecule has 2 aromatic rings. The Labute approximate surface area is 218 Å². The predicted octanol–water partition coefficient (Wildman–Crippen LogP) is 7.61. The molecule has 186 valence electrons. The first-order chi connectivity index (χ1) is 16.7. The average Bonchev–Trinajstić information content (AvgIpc) is 3.51. The number of carbonyl (C=O) groups excluding carboxylic acids is 2. The Morgan fingerprint density at radius 2 is 1.26 bits per heavy atom. The summed E-state index contributed by atoms with van der Waals surface area (Å²) in [5.41, 5.74) is 10.0. The Bertz CT molecular complexity index is 1150. The monoisotopic (exact) mass is 536 g/mol. The van der Waals surface area contributed by atoms with Gasteiger partial charge in [-0.25, -0.2) is 0 Å². The third kappa shape index (κ3) is 6.13. The van der Waals surface area contributed by atoms with E-state index in [9.17, 15) is 9.59 Å². The van der Waals surface area contributed by atoms with Gasteiger partial charge in [0.15, 0.2) is 0 Å². The van der Waals surface area contributed by atoms with Crippen LogP contribution >= 0.6 is 15.9 Å². The second kappa shape index (κ2) is 11.9. The lowest BCUT2D eigenvalue weighted by Crippen LogP contribution is -2.10. The number of fused-ring (bicyclic) bond motifs is 2. The molecule has 0 bridgehead atoms. The Hall–Kier alpha value is -2.66. The van der Waals surface area contributed by atoms with Crippen LogP contribution in [0.3, 0.4) is 0 Å². The highest BCUT2D eigenvalue weighted by Gasteiger charge is 2.22. The number of amides is 2. The van der Waals surface area contributed by atoms with Gasteiger partial charge in [0, 0.05) is 15.8 Å². The second-order valence-corrected chi connectivity index (χ2v) is 10.6. The van der Waals surface area contributed by atoms with Crippen LogP contribution in [-0.2, 0) is 35.3 Å². The van der Waals surface area contributed by atoms with Crippen molar-refractivity contribution in [3.63, 3.8) is 0 Å². The molecule has 0 aromatic heterocycles. The van der Waals surface area contributed by atoms with Gasteiger partial charge in [0.05, 0.1) is 0 Å². The molecular formula is C30H37BrN2O2. The van der Waals surface area contributed by atoms with Crippen molar-refractivity contribution in [1.82, 2.24) is 0 Å². The maximum Gasteiger partial charge on any atom is 0.247 e. The van der Waals surface area contributed by atoms with Gasteiger partial charge < -0.3 is 10.6 Å². The summed E-state index contributed by atoms with van der Waals surface area (Å²) >= 11 is 3.72. The van der Waals surface area contributed by atoms with Crippen LogP contribution in [0, 0.1) is 0 Å². The lowest BCUT2D eigenvalue weighted by molar-refractivity contribution is -0.112. The highest BCUT2D eigenvalue weighted by atomic mass is 79.9. The zero-order chi connectivity index (χ0) is 25.7. The lowest BCUT2D eigenvalue weighted by Gasteiger charge is -2.17. The molecule has 0 spiro atoms. The summed E-state index contributed by atoms with van der Waals surface area (Å²) in [6.07, 6.45) is 9.33. The molecule has 0 aliphatic heterocycles. The topological polar surface area (TPSA) is 58.2 Å². The SMILES string of the molecule is C=CC(=O)Nc1cc(C(C)C)c(Br)c2c1CCC2.C=CC(=O)Nc1ccc(C(C)C)c2c1CCC2. The number of anilines is 2. The molecule has 4 nitrogen and oxygen atoms in total. The molecule has 5 heteroatoms. The van der Waals surface area contributed by atoms with E-state index in [-0.39, 0.29) is 11.8 Å². The van der Waals surface area contributed by atoms with Gasteiger partial charge in [0.1, 0.15) is 0 Å². The second-order valence-electron chi connectivity index (χ2n) is 9.85. The Kier molecular flexibility index (Phi) is 9.12. The Morgan fingerprint density at radius 3 is 1.80 bits per heavy atom. The minimum atomic E-state index is -0.138. The summed E-state index contributed by atoms with van der Waals surface area (Å²) in [7, 11) is 0. The summed E-state index contributed by atoms with van der Waals surface area (Å²) in [6, 6.07) is 6.27. The number of carbonyl (C=O) groups is 2. The van der Waals surface area contributed by atoms with Crippen molar-refractivity contribution in [2.75, 3.05) is 10.6 Å². The van der Waals surface area contributed by atoms with E-state index in [4.69, 9.17) is 0 Å². The number of hydrogen-bond acceptors (Lipinski definition) is 2. The van der Waals surface area contributed by atoms with Gasteiger partial charge in [-0.3, -0.25) is 9.59 Å². The first-order valence-electron chi connectivity index (χ1n) is 12.5. The van der Waals surface area contributed by atoms with Crippen molar-refractivity contribution in [2.24, 2.45) is 0 Å². The molecule has 0 fully saturated rings. The van der Waals surface area contributed by atoms with E-state index in [0.29, 0.717) is 11.8 Å². The first-order valence-corrected chi connectivity index (χ1v) is 13.3. The van der Waals surface area contributed by atoms with Crippen molar-refractivity contribution in [3.05, 3.63) is 81.4 Å². The first kappa shape index (κ1) is 26.9. The number of rotatable bonds is 6. The molecule has 4 rings (SSSR count). The lowest BCUT2D eigenvalue weighted by atomic mass is 9.93. The van der Waals surface area contributed by atoms with Crippen LogP contribution in [-0.4, -0.2) is 11.8 Å². The molecule has 2 amide bonds. The number of benzene rings is 2. The quantitative estimate of drug-likeness (QED) is 0.373. The third-order valence-electron chi connectivity index (χ3n) is 6.81. The van der Waals surface area contributed by atoms with Gasteiger partial charge in [-0.05, 0) is 108 Å². The molecule has 2 aromatic carbocycles. The van der Waals surface area contributed by atoms with Gasteiger partial charge >= 0.3 is 0 Å². The summed E-state index contributed by atoms with van der Waals surface area (Å²) < 4.78 is 1.22. The van der Waals surface area contributed by atoms with Crippen LogP contribution in [0.5, 0.6) is 0 Å². The normalized spacial score (nSPS) is 13.6. The van der Waals surface area contributed by atoms with Crippen LogP contribution in [0.15, 0.2) is 48.0 Å². The smallest absolute Gasteiger partial charge is 0.247 e. The number of hydrogen-bond donors (Lipinski definition) is 2. The minimum Gasteiger partial charge on any atom is -0.322 e. The van der Waals surface area contributed by atoms with Gasteiger partial charge in [0.25, 0.3) is 0 Å². The standard InChI is InChI=1S/C15H18BrNO.C15H19NO/c1-4-14(18)17-13-8-12(9(2)3)15(16)11-7-5-6-10(11)13;1-4-15(17)16-14-9-8-11(10(2)3)12-6-5-7-13(12)14/h4,8-9H,1,5-7H2,2-3H3,(H,17,18);4,8-10H,1,5-7H2,2-3H3,(H,16,17). The van der Waals surface area contributed by atoms with Crippen LogP contribution in [0.4, 0.5) is 11.4 Å². The molecule has 2 N–H and O–H groups in total. The van der Waals surface area contributed by atoms with E-state index in [0.717, 1.165) is 43.5 Å². The van der Waals surface area contributed by atoms with Gasteiger partial charge in [-0.2, -0.15) is 0 Å². The molecule has 0 heterocycles. The van der Waals surface area contributed by atoms with Gasteiger partial charge in [-0.15, -0.1) is 0 Å². The molecule has 2 aliphatic rings. The fraction of sp³-hybridized carbons (Fsp3) is 0.400. The van der Waals surface area contributed by atoms with Crippen LogP contribution < -0.4 is 10.6 Å². The zero-order valence-corrected chi connectivity index (χ0v) is 23.0. The van der Waals surface area contributed by atoms with E-state index < -0.39 is 0 Å². The highest BCUT2D eigenvalue weighted by molar-refractivity contribution is 9.10. The predicted molar refractivity (Wildman–Crippen MR) is 150 cm³/mol. The third-order valence-corrected chi connectivity index (χ3v) is 7.75. The molecule has 0 saturated heterocycles. The fourth-order valence-corrected chi connectivity index (χ4v) is 6.06. The molecule has 0 atom stereocenters. The van der Waals surface area contributed by atoms with Gasteiger partial charge in [0.2, 0.25) is 11.8 Å². The summed E-state index contributed by atoms with van der Waals surface area (Å²) in [5, 5.41) is 5.84. The molecule has 0 unspecified atom stereocenters. The maximum absolute atomic E-state index is 11.5. The maximum atomic E-state index is 11.5. The van der Waals surface area contributed by atoms with Crippen LogP contribution in [0.1, 0.15) is 85.8 Å². The van der Waals surface area contributed by atoms with E-state index in [2.05, 4.69) is 79.5 Å². The molecule has 0 saturated carbocycles. The number of halogens is 1. The summed E-state index contributed by atoms with van der Waals surface area (Å²) in [5.74, 6) is 0.716. The van der Waals surface area contributed by atoms with Crippen molar-refractivity contribution >= 4 is 39.1 Å². The fourth-order valence-electron chi connectivity index (χ4n) is 5.05. The average molecular weight is 538 g/mol. The largest absolute Gasteiger partial charge is 0.322 e. The Morgan fingerprint density at radius 1 is 0.771 bits per heavy atom. The van der Waals surface area contributed by atoms with Crippen molar-refractivity contribution in [3.8, 4) is 0 Å². The van der Waals surface area contributed by atoms with Crippen molar-refractivity contribution < 1.29 is 9.59 Å². The van der Waals surface area contributed by atoms with E-state index in [1.165, 1.54) is 56.4 Å². The summed E-state index contributed by atoms with van der Waals surface area (Å²) in [6.45, 7) is 15.8. The molecule has 0 radical (unpaired) electrons. The Balaban J connectivity index is 0.000000196. The van der Waals surface area contributed by atoms with Crippen molar-refractivity contribution in [1.29, 1.82) is 0 Å². The van der Waals surface area contributed by atoms with Crippen LogP contribution in [0.25, 0.3) is 0 Å². The van der Waals surface area contributed by atoms with E-state index in [1.54, 1.807) is 0 Å². The van der Waals surface area contributed by atoms with E-state index in [1.807, 2.05) is 6.07 Å². The molecule has 2 aliphatic carbocycles. The minimum absolute atomic E-state index is 0.128. The molecule has 35 heavy (non-hydrogen) atoms.